The average molecular weight is 325 g/mol. The molecule has 0 fully saturated rings. The number of aromatic nitrogens is 1. The van der Waals surface area contributed by atoms with E-state index in [9.17, 15) is 24.6 Å². The minimum atomic E-state index is -0.719. The summed E-state index contributed by atoms with van der Waals surface area (Å²) in [5, 5.41) is 19.9. The van der Waals surface area contributed by atoms with Crippen LogP contribution in [0.5, 0.6) is 0 Å². The maximum atomic E-state index is 13.0. The van der Waals surface area contributed by atoms with Crippen molar-refractivity contribution in [1.29, 1.82) is 5.26 Å². The van der Waals surface area contributed by atoms with Crippen molar-refractivity contribution in [2.45, 2.75) is 0 Å². The normalized spacial score (nSPS) is 10.3. The van der Waals surface area contributed by atoms with Crippen molar-refractivity contribution in [3.63, 3.8) is 0 Å². The first-order valence-corrected chi connectivity index (χ1v) is 6.67. The van der Waals surface area contributed by atoms with Crippen molar-refractivity contribution in [2.24, 2.45) is 0 Å². The van der Waals surface area contributed by atoms with Gasteiger partial charge in [-0.25, -0.2) is 4.39 Å². The van der Waals surface area contributed by atoms with Gasteiger partial charge in [0.25, 0.3) is 5.56 Å². The van der Waals surface area contributed by atoms with Gasteiger partial charge in [-0.2, -0.15) is 5.26 Å². The molecule has 24 heavy (non-hydrogen) atoms. The standard InChI is InChI=1S/C16H8FN3O4/c17-10-3-1-9(2-4-10)13-7-11(12(8-18)16(21)19-13)14-5-6-15(24-14)20(22)23/h1-7H,(H,19,21). The van der Waals surface area contributed by atoms with Gasteiger partial charge in [-0.05, 0) is 42.0 Å². The number of benzene rings is 1. The number of furan rings is 1. The molecule has 8 heteroatoms. The third kappa shape index (κ3) is 2.66. The van der Waals surface area contributed by atoms with Crippen molar-refractivity contribution in [2.75, 3.05) is 0 Å². The molecule has 0 unspecified atom stereocenters. The summed E-state index contributed by atoms with van der Waals surface area (Å²) >= 11 is 0. The van der Waals surface area contributed by atoms with Gasteiger partial charge in [0.2, 0.25) is 0 Å². The van der Waals surface area contributed by atoms with Gasteiger partial charge in [-0.1, -0.05) is 0 Å². The molecule has 0 atom stereocenters. The van der Waals surface area contributed by atoms with E-state index in [1.165, 1.54) is 36.4 Å². The molecule has 0 saturated carbocycles. The maximum Gasteiger partial charge on any atom is 0.433 e. The Morgan fingerprint density at radius 3 is 2.50 bits per heavy atom. The van der Waals surface area contributed by atoms with Crippen LogP contribution in [0.15, 0.2) is 51.7 Å². The molecule has 1 N–H and O–H groups in total. The van der Waals surface area contributed by atoms with Crippen LogP contribution in [0.3, 0.4) is 0 Å². The van der Waals surface area contributed by atoms with Crippen LogP contribution in [0.2, 0.25) is 0 Å². The van der Waals surface area contributed by atoms with Crippen molar-refractivity contribution in [3.05, 3.63) is 74.3 Å². The predicted octanol–water partition coefficient (Wildman–Crippen LogP) is 3.22. The third-order valence-electron chi connectivity index (χ3n) is 3.34. The van der Waals surface area contributed by atoms with Crippen LogP contribution < -0.4 is 5.56 Å². The second-order valence-electron chi connectivity index (χ2n) is 4.81. The number of nitriles is 1. The monoisotopic (exact) mass is 325 g/mol. The summed E-state index contributed by atoms with van der Waals surface area (Å²) in [4.78, 5) is 24.7. The topological polar surface area (TPSA) is 113 Å². The number of nitro groups is 1. The largest absolute Gasteiger partial charge is 0.433 e. The van der Waals surface area contributed by atoms with Gasteiger partial charge in [0, 0.05) is 11.3 Å². The van der Waals surface area contributed by atoms with E-state index in [2.05, 4.69) is 4.98 Å². The number of hydrogen-bond donors (Lipinski definition) is 1. The van der Waals surface area contributed by atoms with Crippen LogP contribution in [-0.2, 0) is 0 Å². The Morgan fingerprint density at radius 2 is 1.92 bits per heavy atom. The highest BCUT2D eigenvalue weighted by Crippen LogP contribution is 2.29. The van der Waals surface area contributed by atoms with E-state index in [1.807, 2.05) is 0 Å². The zero-order chi connectivity index (χ0) is 17.3. The molecule has 2 aromatic heterocycles. The Balaban J connectivity index is 2.20. The number of nitrogens with zero attached hydrogens (tertiary/aromatic N) is 2. The summed E-state index contributed by atoms with van der Waals surface area (Å²) in [7, 11) is 0. The highest BCUT2D eigenvalue weighted by atomic mass is 19.1. The smallest absolute Gasteiger partial charge is 0.401 e. The Labute approximate surface area is 133 Å². The number of pyridine rings is 1. The fraction of sp³-hybridized carbons (Fsp3) is 0. The Hall–Kier alpha value is -3.73. The third-order valence-corrected chi connectivity index (χ3v) is 3.34. The maximum absolute atomic E-state index is 13.0. The second kappa shape index (κ2) is 5.81. The molecule has 0 aliphatic heterocycles. The van der Waals surface area contributed by atoms with Crippen LogP contribution in [0, 0.1) is 27.3 Å². The molecule has 3 rings (SSSR count). The van der Waals surface area contributed by atoms with E-state index in [-0.39, 0.29) is 16.9 Å². The summed E-state index contributed by atoms with van der Waals surface area (Å²) < 4.78 is 18.1. The number of nitrogens with one attached hydrogen (secondary N) is 1. The van der Waals surface area contributed by atoms with Crippen molar-refractivity contribution >= 4 is 5.88 Å². The van der Waals surface area contributed by atoms with Crippen LogP contribution in [0.1, 0.15) is 5.56 Å². The zero-order valence-electron chi connectivity index (χ0n) is 11.9. The Morgan fingerprint density at radius 1 is 1.21 bits per heavy atom. The number of H-pyrrole nitrogens is 1. The molecule has 1 aromatic carbocycles. The van der Waals surface area contributed by atoms with Gasteiger partial charge < -0.3 is 9.40 Å². The summed E-state index contributed by atoms with van der Waals surface area (Å²) in [6.45, 7) is 0. The lowest BCUT2D eigenvalue weighted by atomic mass is 10.0. The SMILES string of the molecule is N#Cc1c(-c2ccc([N+](=O)[O-])o2)cc(-c2ccc(F)cc2)[nH]c1=O. The van der Waals surface area contributed by atoms with Gasteiger partial charge in [-0.15, -0.1) is 0 Å². The van der Waals surface area contributed by atoms with Gasteiger partial charge in [-0.3, -0.25) is 14.9 Å². The Kier molecular flexibility index (Phi) is 3.67. The number of aromatic amines is 1. The second-order valence-corrected chi connectivity index (χ2v) is 4.81. The lowest BCUT2D eigenvalue weighted by molar-refractivity contribution is -0.401. The molecule has 0 spiro atoms. The fourth-order valence-corrected chi connectivity index (χ4v) is 2.22. The van der Waals surface area contributed by atoms with Crippen LogP contribution in [0.25, 0.3) is 22.6 Å². The zero-order valence-corrected chi connectivity index (χ0v) is 11.9. The Bertz CT molecular complexity index is 1030. The molecule has 7 nitrogen and oxygen atoms in total. The molecule has 0 radical (unpaired) electrons. The molecule has 0 saturated heterocycles. The van der Waals surface area contributed by atoms with E-state index >= 15 is 0 Å². The summed E-state index contributed by atoms with van der Waals surface area (Å²) in [6, 6.07) is 11.0. The molecule has 0 aliphatic carbocycles. The first kappa shape index (κ1) is 15.2. The summed E-state index contributed by atoms with van der Waals surface area (Å²) in [6.07, 6.45) is 0. The lowest BCUT2D eigenvalue weighted by Crippen LogP contribution is -2.12. The average Bonchev–Trinajstić information content (AvgIpc) is 3.05. The predicted molar refractivity (Wildman–Crippen MR) is 81.5 cm³/mol. The fourth-order valence-electron chi connectivity index (χ4n) is 2.22. The molecule has 0 bridgehead atoms. The van der Waals surface area contributed by atoms with Crippen molar-refractivity contribution in [3.8, 4) is 28.7 Å². The van der Waals surface area contributed by atoms with E-state index in [1.54, 1.807) is 6.07 Å². The number of rotatable bonds is 3. The summed E-state index contributed by atoms with van der Waals surface area (Å²) in [5.74, 6) is -0.915. The van der Waals surface area contributed by atoms with Gasteiger partial charge in [0.1, 0.15) is 28.1 Å². The summed E-state index contributed by atoms with van der Waals surface area (Å²) in [5.41, 5.74) is 0.0560. The molecule has 118 valence electrons. The molecule has 0 aliphatic rings. The quantitative estimate of drug-likeness (QED) is 0.586. The molecular weight excluding hydrogens is 317 g/mol. The van der Waals surface area contributed by atoms with E-state index in [4.69, 9.17) is 4.42 Å². The van der Waals surface area contributed by atoms with Gasteiger partial charge >= 0.3 is 5.88 Å². The number of hydrogen-bond acceptors (Lipinski definition) is 5. The number of halogens is 1. The van der Waals surface area contributed by atoms with Gasteiger partial charge in [0.15, 0.2) is 0 Å². The molecular formula is C16H8FN3O4. The minimum Gasteiger partial charge on any atom is -0.401 e. The molecule has 3 aromatic rings. The van der Waals surface area contributed by atoms with E-state index < -0.39 is 22.2 Å². The van der Waals surface area contributed by atoms with E-state index in [0.717, 1.165) is 6.07 Å². The molecule has 0 amide bonds. The van der Waals surface area contributed by atoms with E-state index in [0.29, 0.717) is 11.3 Å². The minimum absolute atomic E-state index is 0.0210. The van der Waals surface area contributed by atoms with Crippen LogP contribution in [0.4, 0.5) is 10.3 Å². The van der Waals surface area contributed by atoms with Crippen molar-refractivity contribution in [1.82, 2.24) is 4.98 Å². The molecule has 2 heterocycles. The highest BCUT2D eigenvalue weighted by molar-refractivity contribution is 5.72. The van der Waals surface area contributed by atoms with Gasteiger partial charge in [0.05, 0.1) is 6.07 Å². The first-order chi connectivity index (χ1) is 11.5. The van der Waals surface area contributed by atoms with Crippen LogP contribution in [-0.4, -0.2) is 9.91 Å². The van der Waals surface area contributed by atoms with Crippen LogP contribution >= 0.6 is 0 Å². The first-order valence-electron chi connectivity index (χ1n) is 6.67. The lowest BCUT2D eigenvalue weighted by Gasteiger charge is -2.05. The van der Waals surface area contributed by atoms with Crippen molar-refractivity contribution < 1.29 is 13.7 Å². The highest BCUT2D eigenvalue weighted by Gasteiger charge is 2.19.